The Kier molecular flexibility index (Phi) is 6.04. The molecule has 0 atom stereocenters. The van der Waals surface area contributed by atoms with Crippen molar-refractivity contribution >= 4 is 5.91 Å². The third kappa shape index (κ3) is 6.57. The van der Waals surface area contributed by atoms with Crippen molar-refractivity contribution in [3.8, 4) is 5.75 Å². The number of ether oxygens (including phenoxy) is 1. The minimum atomic E-state index is -5.05. The van der Waals surface area contributed by atoms with Crippen LogP contribution in [0.3, 0.4) is 0 Å². The molecule has 0 radical (unpaired) electrons. The molecular weight excluding hydrogens is 421 g/mol. The highest BCUT2D eigenvalue weighted by Crippen LogP contribution is 2.36. The Bertz CT molecular complexity index is 853. The van der Waals surface area contributed by atoms with Crippen LogP contribution >= 0.6 is 0 Å². The number of alkyl halides is 9. The number of nitrogens with one attached hydrogen (secondary N) is 1. The number of hydrogen-bond acceptors (Lipinski definition) is 2. The summed E-state index contributed by atoms with van der Waals surface area (Å²) >= 11 is 0. The second-order valence-electron chi connectivity index (χ2n) is 5.67. The number of carbonyl (C=O) groups is 1. The van der Waals surface area contributed by atoms with Crippen LogP contribution in [0.5, 0.6) is 5.75 Å². The van der Waals surface area contributed by atoms with Crippen LogP contribution in [0.1, 0.15) is 27.0 Å². The van der Waals surface area contributed by atoms with Crippen LogP contribution in [0.25, 0.3) is 0 Å². The minimum Gasteiger partial charge on any atom is -0.406 e. The van der Waals surface area contributed by atoms with Gasteiger partial charge in [0.2, 0.25) is 0 Å². The lowest BCUT2D eigenvalue weighted by Crippen LogP contribution is -2.24. The summed E-state index contributed by atoms with van der Waals surface area (Å²) in [6.07, 6.45) is -15.1. The predicted molar refractivity (Wildman–Crippen MR) is 80.7 cm³/mol. The van der Waals surface area contributed by atoms with E-state index in [-0.39, 0.29) is 11.6 Å². The normalized spacial score (nSPS) is 12.6. The van der Waals surface area contributed by atoms with Crippen molar-refractivity contribution in [1.29, 1.82) is 0 Å². The van der Waals surface area contributed by atoms with E-state index >= 15 is 0 Å². The lowest BCUT2D eigenvalue weighted by atomic mass is 10.0. The van der Waals surface area contributed by atoms with Gasteiger partial charge in [0, 0.05) is 12.1 Å². The Hall–Kier alpha value is -2.92. The Morgan fingerprint density at radius 3 is 1.86 bits per heavy atom. The first kappa shape index (κ1) is 22.4. The summed E-state index contributed by atoms with van der Waals surface area (Å²) in [6, 6.07) is 4.57. The second kappa shape index (κ2) is 7.84. The summed E-state index contributed by atoms with van der Waals surface area (Å²) in [5.74, 6) is -1.74. The summed E-state index contributed by atoms with van der Waals surface area (Å²) in [6.45, 7) is -0.726. The molecule has 158 valence electrons. The number of amides is 1. The molecule has 0 aliphatic carbocycles. The Labute approximate surface area is 157 Å². The highest BCUT2D eigenvalue weighted by molar-refractivity contribution is 5.94. The molecule has 0 aromatic heterocycles. The summed E-state index contributed by atoms with van der Waals surface area (Å²) in [5, 5.41) is 2.05. The molecule has 1 amide bonds. The summed E-state index contributed by atoms with van der Waals surface area (Å²) in [7, 11) is 0. The number of rotatable bonds is 4. The number of hydrogen-bond donors (Lipinski definition) is 1. The van der Waals surface area contributed by atoms with E-state index in [1.54, 1.807) is 0 Å². The average Bonchev–Trinajstić information content (AvgIpc) is 2.56. The highest BCUT2D eigenvalue weighted by Gasteiger charge is 2.37. The maximum atomic E-state index is 12.8. The topological polar surface area (TPSA) is 38.3 Å². The van der Waals surface area contributed by atoms with Crippen LogP contribution in [0.2, 0.25) is 0 Å². The Balaban J connectivity index is 2.21. The van der Waals surface area contributed by atoms with E-state index in [2.05, 4.69) is 10.1 Å². The third-order valence-corrected chi connectivity index (χ3v) is 3.43. The van der Waals surface area contributed by atoms with E-state index < -0.39 is 53.6 Å². The summed E-state index contributed by atoms with van der Waals surface area (Å²) < 4.78 is 117. The van der Waals surface area contributed by atoms with Crippen LogP contribution in [0.15, 0.2) is 42.5 Å². The van der Waals surface area contributed by atoms with Crippen LogP contribution in [0.4, 0.5) is 39.5 Å². The van der Waals surface area contributed by atoms with Gasteiger partial charge in [0.25, 0.3) is 5.91 Å². The van der Waals surface area contributed by atoms with Gasteiger partial charge in [0.15, 0.2) is 0 Å². The predicted octanol–water partition coefficient (Wildman–Crippen LogP) is 5.55. The minimum absolute atomic E-state index is 0.0662. The molecule has 2 aromatic rings. The largest absolute Gasteiger partial charge is 0.573 e. The van der Waals surface area contributed by atoms with E-state index in [1.807, 2.05) is 0 Å². The smallest absolute Gasteiger partial charge is 0.406 e. The molecule has 2 aromatic carbocycles. The van der Waals surface area contributed by atoms with Gasteiger partial charge in [-0.25, -0.2) is 0 Å². The van der Waals surface area contributed by atoms with Gasteiger partial charge in [-0.2, -0.15) is 26.3 Å². The molecule has 0 bridgehead atoms. The van der Waals surface area contributed by atoms with E-state index in [1.165, 1.54) is 0 Å². The van der Waals surface area contributed by atoms with Gasteiger partial charge in [0.1, 0.15) is 5.75 Å². The second-order valence-corrected chi connectivity index (χ2v) is 5.67. The van der Waals surface area contributed by atoms with Gasteiger partial charge in [-0.15, -0.1) is 13.2 Å². The summed E-state index contributed by atoms with van der Waals surface area (Å²) in [5.41, 5.74) is -3.95. The quantitative estimate of drug-likeness (QED) is 0.645. The number of carbonyl (C=O) groups excluding carboxylic acids is 1. The van der Waals surface area contributed by atoms with Crippen molar-refractivity contribution in [2.24, 2.45) is 0 Å². The van der Waals surface area contributed by atoms with Gasteiger partial charge < -0.3 is 10.1 Å². The SMILES string of the molecule is O=C(NCc1cc(C(F)(F)F)cc(C(F)(F)F)c1)c1cccc(OC(F)(F)F)c1. The molecule has 3 nitrogen and oxygen atoms in total. The van der Waals surface area contributed by atoms with Crippen molar-refractivity contribution < 1.29 is 49.0 Å². The Morgan fingerprint density at radius 1 is 0.828 bits per heavy atom. The fourth-order valence-corrected chi connectivity index (χ4v) is 2.24. The van der Waals surface area contributed by atoms with E-state index in [0.29, 0.717) is 12.1 Å². The molecular formula is C17H10F9NO2. The van der Waals surface area contributed by atoms with Crippen molar-refractivity contribution in [3.05, 3.63) is 64.7 Å². The zero-order valence-corrected chi connectivity index (χ0v) is 14.0. The molecule has 0 spiro atoms. The molecule has 0 heterocycles. The number of benzene rings is 2. The first-order chi connectivity index (χ1) is 13.1. The highest BCUT2D eigenvalue weighted by atomic mass is 19.4. The van der Waals surface area contributed by atoms with Crippen molar-refractivity contribution in [1.82, 2.24) is 5.32 Å². The molecule has 2 rings (SSSR count). The van der Waals surface area contributed by atoms with Gasteiger partial charge in [-0.1, -0.05) is 6.07 Å². The first-order valence-corrected chi connectivity index (χ1v) is 7.57. The van der Waals surface area contributed by atoms with Crippen LogP contribution in [0, 0.1) is 0 Å². The molecule has 0 aliphatic rings. The van der Waals surface area contributed by atoms with Crippen LogP contribution < -0.4 is 10.1 Å². The van der Waals surface area contributed by atoms with Gasteiger partial charge in [0.05, 0.1) is 11.1 Å². The standard InChI is InChI=1S/C17H10F9NO2/c18-15(19,20)11-4-9(5-12(7-11)16(21,22)23)8-27-14(28)10-2-1-3-13(6-10)29-17(24,25)26/h1-7H,8H2,(H,27,28). The van der Waals surface area contributed by atoms with Gasteiger partial charge in [-0.05, 0) is 42.0 Å². The monoisotopic (exact) mass is 431 g/mol. The van der Waals surface area contributed by atoms with Crippen LogP contribution in [-0.2, 0) is 18.9 Å². The molecule has 1 N–H and O–H groups in total. The van der Waals surface area contributed by atoms with Gasteiger partial charge >= 0.3 is 18.7 Å². The van der Waals surface area contributed by atoms with Gasteiger partial charge in [-0.3, -0.25) is 4.79 Å². The zero-order chi connectivity index (χ0) is 22.0. The van der Waals surface area contributed by atoms with Crippen molar-refractivity contribution in [2.45, 2.75) is 25.3 Å². The lowest BCUT2D eigenvalue weighted by molar-refractivity contribution is -0.274. The molecule has 29 heavy (non-hydrogen) atoms. The maximum absolute atomic E-state index is 12.8. The zero-order valence-electron chi connectivity index (χ0n) is 14.0. The van der Waals surface area contributed by atoms with E-state index in [9.17, 15) is 44.3 Å². The maximum Gasteiger partial charge on any atom is 0.573 e. The molecule has 0 unspecified atom stereocenters. The first-order valence-electron chi connectivity index (χ1n) is 7.57. The molecule has 0 fully saturated rings. The molecule has 12 heteroatoms. The van der Waals surface area contributed by atoms with Crippen molar-refractivity contribution in [2.75, 3.05) is 0 Å². The fraction of sp³-hybridized carbons (Fsp3) is 0.235. The lowest BCUT2D eigenvalue weighted by Gasteiger charge is -2.15. The number of halogens is 9. The molecule has 0 saturated carbocycles. The van der Waals surface area contributed by atoms with Crippen molar-refractivity contribution in [3.63, 3.8) is 0 Å². The molecule has 0 saturated heterocycles. The Morgan fingerprint density at radius 2 is 1.38 bits per heavy atom. The third-order valence-electron chi connectivity index (χ3n) is 3.43. The van der Waals surface area contributed by atoms with E-state index in [0.717, 1.165) is 24.3 Å². The fourth-order valence-electron chi connectivity index (χ4n) is 2.24. The van der Waals surface area contributed by atoms with Crippen LogP contribution in [-0.4, -0.2) is 12.3 Å². The van der Waals surface area contributed by atoms with E-state index in [4.69, 9.17) is 0 Å². The average molecular weight is 431 g/mol. The molecule has 0 aliphatic heterocycles. The summed E-state index contributed by atoms with van der Waals surface area (Å²) in [4.78, 5) is 12.0.